The molecule has 4 aliphatic rings. The van der Waals surface area contributed by atoms with Crippen LogP contribution in [0.2, 0.25) is 16.6 Å². The Morgan fingerprint density at radius 2 is 1.59 bits per heavy atom. The molecule has 76 heavy (non-hydrogen) atoms. The van der Waals surface area contributed by atoms with Gasteiger partial charge in [-0.3, -0.25) is 19.2 Å². The highest BCUT2D eigenvalue weighted by molar-refractivity contribution is 8.76. The summed E-state index contributed by atoms with van der Waals surface area (Å²) in [5, 5.41) is 17.3. The number of amides is 1. The Balaban J connectivity index is 1.47. The van der Waals surface area contributed by atoms with E-state index in [9.17, 15) is 24.3 Å². The van der Waals surface area contributed by atoms with Crippen molar-refractivity contribution in [1.29, 1.82) is 0 Å². The van der Waals surface area contributed by atoms with Gasteiger partial charge in [-0.15, -0.1) is 0 Å². The van der Waals surface area contributed by atoms with Crippen molar-refractivity contribution in [2.24, 2.45) is 22.7 Å². The lowest BCUT2D eigenvalue weighted by molar-refractivity contribution is -0.340. The molecule has 0 spiro atoms. The van der Waals surface area contributed by atoms with Crippen LogP contribution in [0.5, 0.6) is 0 Å². The number of hydrogen-bond acceptors (Lipinski definition) is 18. The predicted molar refractivity (Wildman–Crippen MR) is 286 cm³/mol. The molecule has 0 unspecified atom stereocenters. The predicted octanol–water partition coefficient (Wildman–Crippen LogP) is 10.5. The first-order valence-electron chi connectivity index (χ1n) is 26.2. The summed E-state index contributed by atoms with van der Waals surface area (Å²) in [6.07, 6.45) is 0.0339. The van der Waals surface area contributed by atoms with E-state index in [4.69, 9.17) is 41.4 Å². The first-order chi connectivity index (χ1) is 35.5. The second kappa shape index (κ2) is 22.3. The lowest BCUT2D eigenvalue weighted by atomic mass is 9.43. The van der Waals surface area contributed by atoms with Gasteiger partial charge in [0.2, 0.25) is 8.32 Å². The Hall–Kier alpha value is -4.60. The normalized spacial score (nSPS) is 29.1. The van der Waals surface area contributed by atoms with Gasteiger partial charge in [0, 0.05) is 35.3 Å². The minimum absolute atomic E-state index is 0.00272. The molecular formula is C56H77NO16S2Si. The molecule has 1 amide bonds. The first kappa shape index (κ1) is 59.1. The van der Waals surface area contributed by atoms with Crippen molar-refractivity contribution in [3.8, 4) is 0 Å². The molecular weight excluding hydrogens is 1030 g/mol. The van der Waals surface area contributed by atoms with Crippen LogP contribution in [0.25, 0.3) is 0 Å². The molecule has 1 saturated heterocycles. The van der Waals surface area contributed by atoms with E-state index in [-0.39, 0.29) is 63.5 Å². The fraction of sp³-hybridized carbons (Fsp3) is 0.643. The number of carbonyl (C=O) groups is 6. The van der Waals surface area contributed by atoms with Gasteiger partial charge in [-0.25, -0.2) is 9.59 Å². The maximum atomic E-state index is 16.4. The van der Waals surface area contributed by atoms with Crippen molar-refractivity contribution in [2.45, 2.75) is 192 Å². The molecule has 418 valence electrons. The van der Waals surface area contributed by atoms with Gasteiger partial charge in [-0.05, 0) is 104 Å². The third kappa shape index (κ3) is 10.4. The van der Waals surface area contributed by atoms with Gasteiger partial charge < -0.3 is 51.8 Å². The Bertz CT molecular complexity index is 2600. The number of ether oxygens (including phenoxy) is 5. The van der Waals surface area contributed by atoms with E-state index in [1.807, 2.05) is 68.6 Å². The van der Waals surface area contributed by atoms with Gasteiger partial charge in [0.1, 0.15) is 42.0 Å². The quantitative estimate of drug-likeness (QED) is 0.0352. The second-order valence-corrected chi connectivity index (χ2v) is 31.9. The van der Waals surface area contributed by atoms with Crippen molar-refractivity contribution in [1.82, 2.24) is 5.32 Å². The molecule has 17 nitrogen and oxygen atoms in total. The fourth-order valence-electron chi connectivity index (χ4n) is 13.3. The standard InChI is InChI=1S/C56H77NO16S2Si/c1-30(2)76(31(3)4,32(5)6)73-45(43(37-18-16-23-66-37)57-49(61)38-19-17-24-67-38)51(63)69-39-27-56(64)48(71-50(62)36-21-25-65-28-36)46-54(14,33(7)26-40-55(46,29-68-40)72-35(9)58)47(60)44(42(34(39)8)53(56,12)13)70-41(59)20-22-52(10,11)75-74-15/h16-19,21,23-25,28,30-33,39-40,43-46,48,64H,20,22,26-27,29H2,1-15H3,(H,57,61)/t33-,39-,40+,43-,44+,45+,46-,48-,54+,55-,56+/m0/s1. The number of aliphatic hydroxyl groups is 1. The van der Waals surface area contributed by atoms with Gasteiger partial charge in [-0.1, -0.05) is 90.8 Å². The highest BCUT2D eigenvalue weighted by atomic mass is 33.1. The van der Waals surface area contributed by atoms with E-state index in [0.717, 1.165) is 0 Å². The summed E-state index contributed by atoms with van der Waals surface area (Å²) in [7, 11) is 0.0726. The van der Waals surface area contributed by atoms with Crippen molar-refractivity contribution in [3.63, 3.8) is 0 Å². The molecule has 3 aliphatic carbocycles. The Labute approximate surface area is 454 Å². The number of Topliss-reactive ketones (excluding diaryl/α,β-unsaturated/α-hetero) is 1. The molecule has 3 fully saturated rings. The van der Waals surface area contributed by atoms with Crippen molar-refractivity contribution < 1.29 is 75.2 Å². The summed E-state index contributed by atoms with van der Waals surface area (Å²) in [6, 6.07) is 6.37. The summed E-state index contributed by atoms with van der Waals surface area (Å²) in [6.45, 7) is 25.9. The molecule has 3 aromatic heterocycles. The van der Waals surface area contributed by atoms with Gasteiger partial charge in [0.05, 0.1) is 36.9 Å². The van der Waals surface area contributed by atoms with Crippen LogP contribution in [-0.4, -0.2) is 108 Å². The number of fused-ring (bicyclic) bond motifs is 5. The van der Waals surface area contributed by atoms with Crippen LogP contribution in [0, 0.1) is 22.7 Å². The Kier molecular flexibility index (Phi) is 17.3. The number of hydrogen-bond donors (Lipinski definition) is 2. The van der Waals surface area contributed by atoms with Crippen LogP contribution in [0.15, 0.2) is 79.8 Å². The van der Waals surface area contributed by atoms with Gasteiger partial charge in [-0.2, -0.15) is 0 Å². The minimum atomic E-state index is -3.09. The first-order valence-corrected chi connectivity index (χ1v) is 30.9. The van der Waals surface area contributed by atoms with Gasteiger partial charge >= 0.3 is 23.9 Å². The molecule has 11 atom stereocenters. The third-order valence-electron chi connectivity index (χ3n) is 17.3. The average Bonchev–Trinajstić information content (AvgIpc) is 4.20. The maximum Gasteiger partial charge on any atom is 0.341 e. The molecule has 2 saturated carbocycles. The number of furan rings is 3. The molecule has 0 aromatic carbocycles. The second-order valence-electron chi connectivity index (χ2n) is 23.4. The van der Waals surface area contributed by atoms with E-state index in [1.54, 1.807) is 67.5 Å². The van der Waals surface area contributed by atoms with E-state index >= 15 is 9.59 Å². The molecule has 0 radical (unpaired) electrons. The summed E-state index contributed by atoms with van der Waals surface area (Å²) in [5.41, 5.74) is -7.06. The summed E-state index contributed by atoms with van der Waals surface area (Å²) >= 11 is 0. The number of esters is 4. The van der Waals surface area contributed by atoms with Crippen molar-refractivity contribution in [3.05, 3.63) is 83.6 Å². The average molecular weight is 1110 g/mol. The van der Waals surface area contributed by atoms with E-state index in [2.05, 4.69) is 5.32 Å². The SMILES string of the molecule is CSSC(C)(C)CCC(=O)O[C@H]1C(=O)[C@@]2(C)[C@H]([C@H](OC(=O)c3ccoc3)[C@]3(O)C[C@H](OC(=O)[C@H](O[Si](C(C)C)(C(C)C)C(C)C)[C@@H](NC(=O)c4ccco4)c4ccco4)C(C)=C1C3(C)C)[C@]1(OC(C)=O)CO[C@@H]1C[C@@H]2C. The number of rotatable bonds is 20. The zero-order valence-corrected chi connectivity index (χ0v) is 49.1. The highest BCUT2D eigenvalue weighted by Gasteiger charge is 2.78. The van der Waals surface area contributed by atoms with Crippen molar-refractivity contribution in [2.75, 3.05) is 12.9 Å². The zero-order valence-electron chi connectivity index (χ0n) is 46.5. The molecule has 4 heterocycles. The largest absolute Gasteiger partial charge is 0.472 e. The fourth-order valence-corrected chi connectivity index (χ4v) is 21.0. The zero-order chi connectivity index (χ0) is 56.1. The van der Waals surface area contributed by atoms with E-state index in [1.165, 1.54) is 44.1 Å². The van der Waals surface area contributed by atoms with Crippen LogP contribution in [0.3, 0.4) is 0 Å². The molecule has 2 bridgehead atoms. The van der Waals surface area contributed by atoms with Gasteiger partial charge in [0.15, 0.2) is 29.4 Å². The summed E-state index contributed by atoms with van der Waals surface area (Å²) < 4.78 is 56.2. The molecule has 20 heteroatoms. The Morgan fingerprint density at radius 3 is 2.13 bits per heavy atom. The number of nitrogens with one attached hydrogen (secondary N) is 1. The van der Waals surface area contributed by atoms with Crippen molar-refractivity contribution >= 4 is 65.5 Å². The molecule has 3 aromatic rings. The lowest BCUT2D eigenvalue weighted by Crippen LogP contribution is -2.81. The third-order valence-corrected chi connectivity index (χ3v) is 26.1. The monoisotopic (exact) mass is 1110 g/mol. The number of carbonyl (C=O) groups excluding carboxylic acids is 6. The smallest absolute Gasteiger partial charge is 0.341 e. The van der Waals surface area contributed by atoms with Crippen LogP contribution < -0.4 is 5.32 Å². The van der Waals surface area contributed by atoms with Gasteiger partial charge in [0.25, 0.3) is 5.91 Å². The molecule has 1 aliphatic heterocycles. The van der Waals surface area contributed by atoms with E-state index in [0.29, 0.717) is 12.0 Å². The molecule has 2 N–H and O–H groups in total. The Morgan fingerprint density at radius 1 is 0.934 bits per heavy atom. The highest BCUT2D eigenvalue weighted by Crippen LogP contribution is 2.66. The van der Waals surface area contributed by atoms with Crippen LogP contribution in [-0.2, 0) is 47.3 Å². The summed E-state index contributed by atoms with van der Waals surface area (Å²) in [5.74, 6) is -6.33. The maximum absolute atomic E-state index is 16.4. The minimum Gasteiger partial charge on any atom is -0.472 e. The lowest BCUT2D eigenvalue weighted by Gasteiger charge is -2.68. The molecule has 7 rings (SSSR count). The topological polar surface area (TPSA) is 229 Å². The van der Waals surface area contributed by atoms with Crippen LogP contribution >= 0.6 is 21.6 Å². The van der Waals surface area contributed by atoms with Crippen LogP contribution in [0.4, 0.5) is 0 Å². The van der Waals surface area contributed by atoms with Crippen LogP contribution in [0.1, 0.15) is 155 Å². The summed E-state index contributed by atoms with van der Waals surface area (Å²) in [4.78, 5) is 88.7. The number of ketones is 1. The van der Waals surface area contributed by atoms with E-state index < -0.39 is 121 Å².